The molecule has 10 nitrogen and oxygen atoms in total. The van der Waals surface area contributed by atoms with Gasteiger partial charge in [0.25, 0.3) is 5.91 Å². The summed E-state index contributed by atoms with van der Waals surface area (Å²) in [6.45, 7) is 3.82. The minimum absolute atomic E-state index is 0.231. The number of imidazole rings is 1. The van der Waals surface area contributed by atoms with Gasteiger partial charge < -0.3 is 24.6 Å². The fourth-order valence-electron chi connectivity index (χ4n) is 3.27. The van der Waals surface area contributed by atoms with E-state index in [-0.39, 0.29) is 30.3 Å². The third-order valence-electron chi connectivity index (χ3n) is 4.96. The van der Waals surface area contributed by atoms with Gasteiger partial charge in [-0.1, -0.05) is 0 Å². The highest BCUT2D eigenvalue weighted by atomic mass is 16.5. The number of rotatable bonds is 6. The van der Waals surface area contributed by atoms with Gasteiger partial charge in [0, 0.05) is 26.1 Å². The predicted octanol–water partition coefficient (Wildman–Crippen LogP) is 1.12. The number of aromatic nitrogens is 4. The lowest BCUT2D eigenvalue weighted by Gasteiger charge is -2.13. The third-order valence-corrected chi connectivity index (χ3v) is 4.96. The van der Waals surface area contributed by atoms with Crippen LogP contribution >= 0.6 is 0 Å². The molecular weight excluding hydrogens is 352 g/mol. The first-order valence-corrected chi connectivity index (χ1v) is 9.20. The monoisotopic (exact) mass is 374 g/mol. The van der Waals surface area contributed by atoms with Gasteiger partial charge in [0.1, 0.15) is 12.4 Å². The van der Waals surface area contributed by atoms with E-state index in [0.717, 1.165) is 12.8 Å². The first-order chi connectivity index (χ1) is 13.1. The number of ether oxygens (including phenoxy) is 1. The quantitative estimate of drug-likeness (QED) is 0.777. The summed E-state index contributed by atoms with van der Waals surface area (Å²) < 4.78 is 7.65. The molecule has 1 unspecified atom stereocenters. The number of fused-ring (bicyclic) bond motifs is 1. The normalized spacial score (nSPS) is 19.4. The molecule has 0 radical (unpaired) electrons. The maximum atomic E-state index is 12.5. The Kier molecular flexibility index (Phi) is 4.54. The Bertz CT molecular complexity index is 878. The van der Waals surface area contributed by atoms with Crippen molar-refractivity contribution in [3.63, 3.8) is 0 Å². The van der Waals surface area contributed by atoms with E-state index in [4.69, 9.17) is 9.84 Å². The lowest BCUT2D eigenvalue weighted by atomic mass is 10.3. The summed E-state index contributed by atoms with van der Waals surface area (Å²) >= 11 is 0. The van der Waals surface area contributed by atoms with E-state index in [1.165, 1.54) is 11.2 Å². The Balaban J connectivity index is 1.58. The van der Waals surface area contributed by atoms with Crippen molar-refractivity contribution in [3.05, 3.63) is 12.2 Å². The van der Waals surface area contributed by atoms with Gasteiger partial charge in [-0.05, 0) is 25.7 Å². The molecule has 2 fully saturated rings. The first-order valence-electron chi connectivity index (χ1n) is 9.20. The SMILES string of the molecule is CCn1c(C(=O)NCC2CC2)nc2c(OC3CCN(C(=O)O)C3)ncnc21. The largest absolute Gasteiger partial charge is 0.471 e. The molecule has 144 valence electrons. The van der Waals surface area contributed by atoms with Crippen molar-refractivity contribution >= 4 is 23.2 Å². The first kappa shape index (κ1) is 17.5. The maximum Gasteiger partial charge on any atom is 0.407 e. The van der Waals surface area contributed by atoms with Gasteiger partial charge in [-0.2, -0.15) is 4.98 Å². The van der Waals surface area contributed by atoms with Gasteiger partial charge in [-0.25, -0.2) is 14.8 Å². The third kappa shape index (κ3) is 3.51. The Morgan fingerprint density at radius 1 is 1.33 bits per heavy atom. The smallest absolute Gasteiger partial charge is 0.407 e. The van der Waals surface area contributed by atoms with Gasteiger partial charge in [-0.15, -0.1) is 0 Å². The van der Waals surface area contributed by atoms with Crippen LogP contribution in [-0.2, 0) is 6.54 Å². The fraction of sp³-hybridized carbons (Fsp3) is 0.588. The minimum atomic E-state index is -0.959. The highest BCUT2D eigenvalue weighted by molar-refractivity contribution is 5.95. The molecule has 0 bridgehead atoms. The fourth-order valence-corrected chi connectivity index (χ4v) is 3.27. The van der Waals surface area contributed by atoms with Crippen LogP contribution in [0.5, 0.6) is 5.88 Å². The zero-order valence-electron chi connectivity index (χ0n) is 15.1. The molecule has 1 aliphatic carbocycles. The molecule has 2 aromatic heterocycles. The lowest BCUT2D eigenvalue weighted by molar-refractivity contribution is 0.0937. The molecule has 1 atom stereocenters. The summed E-state index contributed by atoms with van der Waals surface area (Å²) in [6.07, 6.45) is 3.02. The van der Waals surface area contributed by atoms with Gasteiger partial charge in [0.2, 0.25) is 11.7 Å². The molecule has 1 saturated carbocycles. The number of nitrogens with one attached hydrogen (secondary N) is 1. The van der Waals surface area contributed by atoms with Crippen LogP contribution in [0, 0.1) is 5.92 Å². The number of hydrogen-bond acceptors (Lipinski definition) is 6. The summed E-state index contributed by atoms with van der Waals surface area (Å²) in [6, 6.07) is 0. The van der Waals surface area contributed by atoms with Crippen LogP contribution in [0.3, 0.4) is 0 Å². The number of carboxylic acid groups (broad SMARTS) is 1. The number of amides is 2. The number of hydrogen-bond donors (Lipinski definition) is 2. The average Bonchev–Trinajstić information content (AvgIpc) is 3.22. The van der Waals surface area contributed by atoms with E-state index in [0.29, 0.717) is 43.1 Å². The Morgan fingerprint density at radius 2 is 2.15 bits per heavy atom. The molecule has 3 heterocycles. The molecule has 1 aliphatic heterocycles. The predicted molar refractivity (Wildman–Crippen MR) is 94.7 cm³/mol. The van der Waals surface area contributed by atoms with E-state index < -0.39 is 6.09 Å². The van der Waals surface area contributed by atoms with Crippen molar-refractivity contribution in [2.75, 3.05) is 19.6 Å². The van der Waals surface area contributed by atoms with Gasteiger partial charge in [0.05, 0.1) is 6.54 Å². The van der Waals surface area contributed by atoms with Crippen molar-refractivity contribution in [2.45, 2.75) is 38.8 Å². The average molecular weight is 374 g/mol. The molecule has 0 spiro atoms. The Hall–Kier alpha value is -2.91. The van der Waals surface area contributed by atoms with E-state index in [1.54, 1.807) is 4.57 Å². The van der Waals surface area contributed by atoms with Gasteiger partial charge in [-0.3, -0.25) is 4.79 Å². The highest BCUT2D eigenvalue weighted by Gasteiger charge is 2.29. The minimum Gasteiger partial charge on any atom is -0.471 e. The second-order valence-electron chi connectivity index (χ2n) is 6.94. The van der Waals surface area contributed by atoms with E-state index in [9.17, 15) is 9.59 Å². The van der Waals surface area contributed by atoms with E-state index >= 15 is 0 Å². The van der Waals surface area contributed by atoms with Crippen LogP contribution in [0.15, 0.2) is 6.33 Å². The summed E-state index contributed by atoms with van der Waals surface area (Å²) in [5.41, 5.74) is 0.955. The van der Waals surface area contributed by atoms with Crippen LogP contribution in [0.25, 0.3) is 11.2 Å². The highest BCUT2D eigenvalue weighted by Crippen LogP contribution is 2.28. The van der Waals surface area contributed by atoms with Crippen molar-refractivity contribution < 1.29 is 19.4 Å². The van der Waals surface area contributed by atoms with Crippen molar-refractivity contribution in [1.82, 2.24) is 29.7 Å². The van der Waals surface area contributed by atoms with Gasteiger partial charge >= 0.3 is 6.09 Å². The van der Waals surface area contributed by atoms with E-state index in [1.807, 2.05) is 6.92 Å². The second kappa shape index (κ2) is 7.01. The van der Waals surface area contributed by atoms with Crippen LogP contribution in [0.1, 0.15) is 36.8 Å². The van der Waals surface area contributed by atoms with E-state index in [2.05, 4.69) is 20.3 Å². The molecule has 1 saturated heterocycles. The zero-order valence-corrected chi connectivity index (χ0v) is 15.1. The molecule has 0 aromatic carbocycles. The van der Waals surface area contributed by atoms with Crippen LogP contribution in [0.2, 0.25) is 0 Å². The molecule has 10 heteroatoms. The maximum absolute atomic E-state index is 12.5. The van der Waals surface area contributed by atoms with Crippen LogP contribution < -0.4 is 10.1 Å². The molecule has 2 aliphatic rings. The van der Waals surface area contributed by atoms with Crippen LogP contribution in [0.4, 0.5) is 4.79 Å². The van der Waals surface area contributed by atoms with Crippen LogP contribution in [-0.4, -0.2) is 67.3 Å². The molecule has 4 rings (SSSR count). The molecule has 27 heavy (non-hydrogen) atoms. The van der Waals surface area contributed by atoms with Crippen molar-refractivity contribution in [3.8, 4) is 5.88 Å². The number of nitrogens with zero attached hydrogens (tertiary/aromatic N) is 5. The molecule has 2 N–H and O–H groups in total. The summed E-state index contributed by atoms with van der Waals surface area (Å²) in [7, 11) is 0. The van der Waals surface area contributed by atoms with Gasteiger partial charge in [0.15, 0.2) is 11.2 Å². The summed E-state index contributed by atoms with van der Waals surface area (Å²) in [4.78, 5) is 37.8. The molecule has 2 amide bonds. The Labute approximate surface area is 155 Å². The standard InChI is InChI=1S/C17H22N6O4/c1-2-23-13-12(21-14(23)15(24)18-7-10-3-4-10)16(20-9-19-13)27-11-5-6-22(8-11)17(25)26/h9-11H,2-8H2,1H3,(H,18,24)(H,25,26). The topological polar surface area (TPSA) is 122 Å². The molecular formula is C17H22N6O4. The molecule has 2 aromatic rings. The number of aryl methyl sites for hydroxylation is 1. The second-order valence-corrected chi connectivity index (χ2v) is 6.94. The number of carbonyl (C=O) groups excluding carboxylic acids is 1. The summed E-state index contributed by atoms with van der Waals surface area (Å²) in [5, 5.41) is 12.0. The van der Waals surface area contributed by atoms with Crippen molar-refractivity contribution in [1.29, 1.82) is 0 Å². The zero-order chi connectivity index (χ0) is 19.0. The lowest BCUT2D eigenvalue weighted by Crippen LogP contribution is -2.29. The summed E-state index contributed by atoms with van der Waals surface area (Å²) in [5.74, 6) is 0.912. The Morgan fingerprint density at radius 3 is 2.81 bits per heavy atom. The number of carbonyl (C=O) groups is 2. The number of likely N-dealkylation sites (tertiary alicyclic amines) is 1. The van der Waals surface area contributed by atoms with Crippen molar-refractivity contribution in [2.24, 2.45) is 5.92 Å².